The molecule has 2 aromatic rings. The van der Waals surface area contributed by atoms with Gasteiger partial charge in [0.1, 0.15) is 0 Å². The molecule has 0 N–H and O–H groups in total. The molecule has 0 heterocycles. The molecule has 0 amide bonds. The summed E-state index contributed by atoms with van der Waals surface area (Å²) in [5.74, 6) is 7.59. The molecule has 2 atom stereocenters. The fraction of sp³-hybridized carbons (Fsp3) is 0.379. The van der Waals surface area contributed by atoms with Crippen molar-refractivity contribution in [1.29, 1.82) is 0 Å². The molecular formula is C29H34. The van der Waals surface area contributed by atoms with E-state index in [2.05, 4.69) is 105 Å². The van der Waals surface area contributed by atoms with Crippen LogP contribution in [0.5, 0.6) is 0 Å². The Hall–Kier alpha value is -2.52. The fourth-order valence-electron chi connectivity index (χ4n) is 4.01. The summed E-state index contributed by atoms with van der Waals surface area (Å²) >= 11 is 0. The van der Waals surface area contributed by atoms with Gasteiger partial charge in [-0.25, -0.2) is 0 Å². The molecule has 0 nitrogen and oxygen atoms in total. The second-order valence-corrected chi connectivity index (χ2v) is 8.30. The van der Waals surface area contributed by atoms with Crippen LogP contribution in [-0.4, -0.2) is 0 Å². The van der Waals surface area contributed by atoms with E-state index in [-0.39, 0.29) is 5.41 Å². The molecule has 0 bridgehead atoms. The van der Waals surface area contributed by atoms with Crippen LogP contribution in [-0.2, 0) is 6.42 Å². The summed E-state index contributed by atoms with van der Waals surface area (Å²) in [4.78, 5) is 0. The molecule has 0 heteroatoms. The van der Waals surface area contributed by atoms with Crippen molar-refractivity contribution in [2.24, 2.45) is 11.3 Å². The highest BCUT2D eigenvalue weighted by Gasteiger charge is 2.32. The summed E-state index contributed by atoms with van der Waals surface area (Å²) in [6.45, 7) is 6.83. The second-order valence-electron chi connectivity index (χ2n) is 8.30. The van der Waals surface area contributed by atoms with Gasteiger partial charge in [0.2, 0.25) is 0 Å². The van der Waals surface area contributed by atoms with Gasteiger partial charge in [-0.3, -0.25) is 0 Å². The van der Waals surface area contributed by atoms with Gasteiger partial charge in [-0.2, -0.15) is 0 Å². The Kier molecular flexibility index (Phi) is 7.54. The monoisotopic (exact) mass is 382 g/mol. The van der Waals surface area contributed by atoms with Gasteiger partial charge >= 0.3 is 0 Å². The van der Waals surface area contributed by atoms with Crippen molar-refractivity contribution in [3.63, 3.8) is 0 Å². The molecule has 2 aromatic carbocycles. The lowest BCUT2D eigenvalue weighted by Crippen LogP contribution is -2.26. The minimum absolute atomic E-state index is 0.0742. The number of aryl methyl sites for hydroxylation is 1. The van der Waals surface area contributed by atoms with Gasteiger partial charge in [0.25, 0.3) is 0 Å². The third-order valence-corrected chi connectivity index (χ3v) is 6.07. The first-order valence-electron chi connectivity index (χ1n) is 11.3. The third kappa shape index (κ3) is 5.51. The Labute approximate surface area is 177 Å². The maximum Gasteiger partial charge on any atom is 0.0560 e. The number of benzene rings is 2. The highest BCUT2D eigenvalue weighted by molar-refractivity contribution is 5.76. The minimum atomic E-state index is -0.0742. The lowest BCUT2D eigenvalue weighted by Gasteiger charge is -2.33. The Morgan fingerprint density at radius 2 is 1.62 bits per heavy atom. The minimum Gasteiger partial charge on any atom is -0.0863 e. The zero-order valence-corrected chi connectivity index (χ0v) is 18.2. The zero-order chi connectivity index (χ0) is 20.5. The summed E-state index contributed by atoms with van der Waals surface area (Å²) in [6, 6.07) is 19.5. The van der Waals surface area contributed by atoms with Crippen LogP contribution in [0.25, 0.3) is 5.57 Å². The second kappa shape index (κ2) is 10.3. The normalized spacial score (nSPS) is 20.7. The number of rotatable bonds is 7. The van der Waals surface area contributed by atoms with Crippen molar-refractivity contribution in [3.8, 4) is 11.8 Å². The Bertz CT molecular complexity index is 887. The van der Waals surface area contributed by atoms with Gasteiger partial charge in [0.05, 0.1) is 5.41 Å². The molecular weight excluding hydrogens is 348 g/mol. The zero-order valence-electron chi connectivity index (χ0n) is 18.2. The molecule has 0 saturated carbocycles. The Balaban J connectivity index is 1.83. The quantitative estimate of drug-likeness (QED) is 0.428. The van der Waals surface area contributed by atoms with E-state index < -0.39 is 0 Å². The summed E-state index contributed by atoms with van der Waals surface area (Å²) in [6.07, 6.45) is 14.2. The summed E-state index contributed by atoms with van der Waals surface area (Å²) < 4.78 is 0. The van der Waals surface area contributed by atoms with E-state index in [0.29, 0.717) is 5.92 Å². The molecule has 0 saturated heterocycles. The molecule has 29 heavy (non-hydrogen) atoms. The van der Waals surface area contributed by atoms with Crippen LogP contribution >= 0.6 is 0 Å². The van der Waals surface area contributed by atoms with Gasteiger partial charge < -0.3 is 0 Å². The van der Waals surface area contributed by atoms with E-state index in [4.69, 9.17) is 0 Å². The largest absolute Gasteiger partial charge is 0.0863 e. The van der Waals surface area contributed by atoms with Crippen molar-refractivity contribution in [3.05, 3.63) is 89.5 Å². The Morgan fingerprint density at radius 1 is 0.897 bits per heavy atom. The van der Waals surface area contributed by atoms with Crippen LogP contribution in [0, 0.1) is 23.2 Å². The summed E-state index contributed by atoms with van der Waals surface area (Å²) in [5, 5.41) is 0. The smallest absolute Gasteiger partial charge is 0.0560 e. The molecule has 3 rings (SSSR count). The van der Waals surface area contributed by atoms with Crippen LogP contribution in [0.2, 0.25) is 0 Å². The van der Waals surface area contributed by atoms with E-state index in [1.807, 2.05) is 0 Å². The highest BCUT2D eigenvalue weighted by atomic mass is 14.3. The number of unbranched alkanes of at least 4 members (excludes halogenated alkanes) is 2. The molecule has 150 valence electrons. The van der Waals surface area contributed by atoms with Gasteiger partial charge in [0.15, 0.2) is 0 Å². The predicted octanol–water partition coefficient (Wildman–Crippen LogP) is 7.85. The van der Waals surface area contributed by atoms with Crippen LogP contribution < -0.4 is 0 Å². The van der Waals surface area contributed by atoms with Crippen LogP contribution in [0.3, 0.4) is 0 Å². The van der Waals surface area contributed by atoms with Gasteiger partial charge in [-0.1, -0.05) is 113 Å². The molecule has 0 radical (unpaired) electrons. The summed E-state index contributed by atoms with van der Waals surface area (Å²) in [5.41, 5.74) is 5.07. The molecule has 0 aromatic heterocycles. The topological polar surface area (TPSA) is 0 Å². The molecule has 2 unspecified atom stereocenters. The average Bonchev–Trinajstić information content (AvgIpc) is 2.77. The number of allylic oxidation sites excluding steroid dienone is 4. The predicted molar refractivity (Wildman–Crippen MR) is 127 cm³/mol. The van der Waals surface area contributed by atoms with Crippen LogP contribution in [0.4, 0.5) is 0 Å². The van der Waals surface area contributed by atoms with E-state index in [1.165, 1.54) is 42.4 Å². The fourth-order valence-corrected chi connectivity index (χ4v) is 4.01. The lowest BCUT2D eigenvalue weighted by molar-refractivity contribution is 0.355. The van der Waals surface area contributed by atoms with Gasteiger partial charge in [-0.15, -0.1) is 0 Å². The first-order chi connectivity index (χ1) is 14.2. The molecule has 0 aliphatic heterocycles. The third-order valence-electron chi connectivity index (χ3n) is 6.07. The maximum absolute atomic E-state index is 3.69. The SMILES string of the molecule is CCCCc1ccc(C#CC2(CCCC)C=CC(c3ccccc3)=CC2C)cc1. The average molecular weight is 383 g/mol. The van der Waals surface area contributed by atoms with Crippen molar-refractivity contribution in [1.82, 2.24) is 0 Å². The van der Waals surface area contributed by atoms with E-state index in [1.54, 1.807) is 0 Å². The van der Waals surface area contributed by atoms with Crippen molar-refractivity contribution in [2.75, 3.05) is 0 Å². The Morgan fingerprint density at radius 3 is 2.28 bits per heavy atom. The number of hydrogen-bond donors (Lipinski definition) is 0. The molecule has 1 aliphatic rings. The first-order valence-corrected chi connectivity index (χ1v) is 11.3. The van der Waals surface area contributed by atoms with E-state index >= 15 is 0 Å². The van der Waals surface area contributed by atoms with Crippen molar-refractivity contribution < 1.29 is 0 Å². The first kappa shape index (κ1) is 21.2. The summed E-state index contributed by atoms with van der Waals surface area (Å²) in [7, 11) is 0. The van der Waals surface area contributed by atoms with E-state index in [0.717, 1.165) is 18.4 Å². The standard InChI is InChI=1S/C29H34/c1-4-6-11-25-14-16-26(17-15-25)18-21-29(20-7-5-2)22-19-28(23-24(29)3)27-12-9-8-10-13-27/h8-10,12-17,19,22-24H,4-7,11,20H2,1-3H3. The van der Waals surface area contributed by atoms with Gasteiger partial charge in [-0.05, 0) is 54.0 Å². The van der Waals surface area contributed by atoms with Crippen molar-refractivity contribution >= 4 is 5.57 Å². The van der Waals surface area contributed by atoms with E-state index in [9.17, 15) is 0 Å². The maximum atomic E-state index is 3.69. The highest BCUT2D eigenvalue weighted by Crippen LogP contribution is 2.41. The molecule has 1 aliphatic carbocycles. The number of hydrogen-bond acceptors (Lipinski definition) is 0. The van der Waals surface area contributed by atoms with Gasteiger partial charge in [0, 0.05) is 5.56 Å². The molecule has 0 spiro atoms. The van der Waals surface area contributed by atoms with Crippen molar-refractivity contribution in [2.45, 2.75) is 59.3 Å². The van der Waals surface area contributed by atoms with Crippen LogP contribution in [0.1, 0.15) is 69.6 Å². The lowest BCUT2D eigenvalue weighted by atomic mass is 9.69. The van der Waals surface area contributed by atoms with Crippen LogP contribution in [0.15, 0.2) is 72.8 Å². The molecule has 0 fully saturated rings.